The van der Waals surface area contributed by atoms with Crippen LogP contribution in [0.5, 0.6) is 0 Å². The Morgan fingerprint density at radius 2 is 2.44 bits per heavy atom. The van der Waals surface area contributed by atoms with Crippen LogP contribution in [0, 0.1) is 0 Å². The zero-order chi connectivity index (χ0) is 11.5. The Hall–Kier alpha value is -1.07. The van der Waals surface area contributed by atoms with Crippen molar-refractivity contribution in [1.29, 1.82) is 0 Å². The standard InChI is InChI=1S/C11H14BrN3O/c1-3-15-7-8(6-14-15)10(13-2)9-4-5-16-11(9)12/h4-7,10,13H,3H2,1-2H3. The summed E-state index contributed by atoms with van der Waals surface area (Å²) in [6, 6.07) is 2.06. The predicted molar refractivity (Wildman–Crippen MR) is 65.2 cm³/mol. The van der Waals surface area contributed by atoms with E-state index in [9.17, 15) is 0 Å². The van der Waals surface area contributed by atoms with Gasteiger partial charge in [-0.3, -0.25) is 4.68 Å². The molecule has 0 saturated carbocycles. The SMILES string of the molecule is CCn1cc(C(NC)c2ccoc2Br)cn1. The summed E-state index contributed by atoms with van der Waals surface area (Å²) in [6.45, 7) is 2.95. The molecule has 1 N–H and O–H groups in total. The van der Waals surface area contributed by atoms with Crippen LogP contribution in [0.25, 0.3) is 0 Å². The summed E-state index contributed by atoms with van der Waals surface area (Å²) < 4.78 is 7.92. The highest BCUT2D eigenvalue weighted by molar-refractivity contribution is 9.10. The Morgan fingerprint density at radius 3 is 2.94 bits per heavy atom. The van der Waals surface area contributed by atoms with Gasteiger partial charge in [0.2, 0.25) is 0 Å². The van der Waals surface area contributed by atoms with Gasteiger partial charge in [0, 0.05) is 23.9 Å². The molecule has 16 heavy (non-hydrogen) atoms. The third kappa shape index (κ3) is 2.05. The first-order valence-corrected chi connectivity index (χ1v) is 5.98. The second-order valence-electron chi connectivity index (χ2n) is 3.50. The molecule has 0 amide bonds. The van der Waals surface area contributed by atoms with Crippen molar-refractivity contribution in [3.63, 3.8) is 0 Å². The quantitative estimate of drug-likeness (QED) is 0.938. The van der Waals surface area contributed by atoms with E-state index in [0.717, 1.165) is 22.3 Å². The molecule has 4 nitrogen and oxygen atoms in total. The second-order valence-corrected chi connectivity index (χ2v) is 4.22. The summed E-state index contributed by atoms with van der Waals surface area (Å²) >= 11 is 3.39. The lowest BCUT2D eigenvalue weighted by molar-refractivity contribution is 0.530. The van der Waals surface area contributed by atoms with E-state index >= 15 is 0 Å². The van der Waals surface area contributed by atoms with Gasteiger partial charge in [0.25, 0.3) is 0 Å². The van der Waals surface area contributed by atoms with Crippen LogP contribution in [-0.4, -0.2) is 16.8 Å². The molecule has 1 atom stereocenters. The first kappa shape index (κ1) is 11.4. The van der Waals surface area contributed by atoms with Crippen LogP contribution in [0.1, 0.15) is 24.1 Å². The third-order valence-corrected chi connectivity index (χ3v) is 3.20. The van der Waals surface area contributed by atoms with Crippen LogP contribution in [0.2, 0.25) is 0 Å². The summed E-state index contributed by atoms with van der Waals surface area (Å²) in [6.07, 6.45) is 5.60. The predicted octanol–water partition coefficient (Wildman–Crippen LogP) is 2.57. The minimum atomic E-state index is 0.105. The lowest BCUT2D eigenvalue weighted by Gasteiger charge is -2.12. The van der Waals surface area contributed by atoms with Crippen LogP contribution in [0.15, 0.2) is 33.8 Å². The van der Waals surface area contributed by atoms with Gasteiger partial charge in [-0.2, -0.15) is 5.10 Å². The fourth-order valence-corrected chi connectivity index (χ4v) is 2.18. The molecule has 0 spiro atoms. The summed E-state index contributed by atoms with van der Waals surface area (Å²) in [5.74, 6) is 0. The lowest BCUT2D eigenvalue weighted by Crippen LogP contribution is -2.16. The fraction of sp³-hybridized carbons (Fsp3) is 0.364. The van der Waals surface area contributed by atoms with Crippen LogP contribution < -0.4 is 5.32 Å². The van der Waals surface area contributed by atoms with E-state index in [4.69, 9.17) is 4.42 Å². The zero-order valence-corrected chi connectivity index (χ0v) is 10.9. The van der Waals surface area contributed by atoms with Crippen molar-refractivity contribution in [3.05, 3.63) is 40.5 Å². The zero-order valence-electron chi connectivity index (χ0n) is 9.27. The van der Waals surface area contributed by atoms with Gasteiger partial charge >= 0.3 is 0 Å². The molecule has 2 heterocycles. The van der Waals surface area contributed by atoms with E-state index < -0.39 is 0 Å². The Balaban J connectivity index is 2.32. The average Bonchev–Trinajstić information content (AvgIpc) is 2.90. The maximum absolute atomic E-state index is 5.25. The molecule has 0 bridgehead atoms. The van der Waals surface area contributed by atoms with Gasteiger partial charge in [0.15, 0.2) is 4.67 Å². The Kier molecular flexibility index (Phi) is 3.46. The first-order valence-electron chi connectivity index (χ1n) is 5.18. The number of rotatable bonds is 4. The maximum atomic E-state index is 5.25. The van der Waals surface area contributed by atoms with E-state index in [2.05, 4.69) is 33.3 Å². The van der Waals surface area contributed by atoms with Crippen molar-refractivity contribution in [3.8, 4) is 0 Å². The minimum absolute atomic E-state index is 0.105. The second kappa shape index (κ2) is 4.84. The Labute approximate surface area is 103 Å². The van der Waals surface area contributed by atoms with Crippen LogP contribution in [0.4, 0.5) is 0 Å². The molecule has 0 aliphatic carbocycles. The van der Waals surface area contributed by atoms with Gasteiger partial charge in [0.05, 0.1) is 18.5 Å². The topological polar surface area (TPSA) is 43.0 Å². The van der Waals surface area contributed by atoms with Crippen LogP contribution in [0.3, 0.4) is 0 Å². The summed E-state index contributed by atoms with van der Waals surface area (Å²) in [4.78, 5) is 0. The maximum Gasteiger partial charge on any atom is 0.174 e. The van der Waals surface area contributed by atoms with Crippen molar-refractivity contribution in [2.45, 2.75) is 19.5 Å². The summed E-state index contributed by atoms with van der Waals surface area (Å²) in [5, 5.41) is 7.53. The molecule has 5 heteroatoms. The van der Waals surface area contributed by atoms with E-state index in [1.165, 1.54) is 0 Å². The fourth-order valence-electron chi connectivity index (χ4n) is 1.71. The van der Waals surface area contributed by atoms with E-state index in [0.29, 0.717) is 0 Å². The lowest BCUT2D eigenvalue weighted by atomic mass is 10.1. The molecule has 0 saturated heterocycles. The van der Waals surface area contributed by atoms with E-state index in [1.807, 2.05) is 30.2 Å². The Bertz CT molecular complexity index is 463. The largest absolute Gasteiger partial charge is 0.457 e. The van der Waals surface area contributed by atoms with Gasteiger partial charge in [-0.25, -0.2) is 0 Å². The van der Waals surface area contributed by atoms with E-state index in [-0.39, 0.29) is 6.04 Å². The number of aryl methyl sites for hydroxylation is 1. The molecule has 0 radical (unpaired) electrons. The number of hydrogen-bond acceptors (Lipinski definition) is 3. The van der Waals surface area contributed by atoms with Crippen LogP contribution in [-0.2, 0) is 6.54 Å². The van der Waals surface area contributed by atoms with Gasteiger partial charge < -0.3 is 9.73 Å². The smallest absolute Gasteiger partial charge is 0.174 e. The molecule has 2 aromatic rings. The molecule has 2 rings (SSSR count). The molecule has 0 aliphatic rings. The molecular weight excluding hydrogens is 270 g/mol. The third-order valence-electron chi connectivity index (χ3n) is 2.56. The summed E-state index contributed by atoms with van der Waals surface area (Å²) in [5.41, 5.74) is 2.21. The van der Waals surface area contributed by atoms with Gasteiger partial charge in [-0.1, -0.05) is 0 Å². The molecule has 0 fully saturated rings. The van der Waals surface area contributed by atoms with Crippen LogP contribution >= 0.6 is 15.9 Å². The molecule has 0 aromatic carbocycles. The van der Waals surface area contributed by atoms with Crippen molar-refractivity contribution < 1.29 is 4.42 Å². The van der Waals surface area contributed by atoms with Crippen molar-refractivity contribution in [1.82, 2.24) is 15.1 Å². The van der Waals surface area contributed by atoms with Gasteiger partial charge in [-0.15, -0.1) is 0 Å². The van der Waals surface area contributed by atoms with Crippen molar-refractivity contribution in [2.75, 3.05) is 7.05 Å². The monoisotopic (exact) mass is 283 g/mol. The number of hydrogen-bond donors (Lipinski definition) is 1. The number of nitrogens with zero attached hydrogens (tertiary/aromatic N) is 2. The highest BCUT2D eigenvalue weighted by Crippen LogP contribution is 2.28. The highest BCUT2D eigenvalue weighted by atomic mass is 79.9. The van der Waals surface area contributed by atoms with Gasteiger partial charge in [-0.05, 0) is 36.0 Å². The van der Waals surface area contributed by atoms with Crippen molar-refractivity contribution >= 4 is 15.9 Å². The number of halogens is 1. The number of aromatic nitrogens is 2. The van der Waals surface area contributed by atoms with Gasteiger partial charge in [0.1, 0.15) is 0 Å². The minimum Gasteiger partial charge on any atom is -0.457 e. The Morgan fingerprint density at radius 1 is 1.62 bits per heavy atom. The van der Waals surface area contributed by atoms with E-state index in [1.54, 1.807) is 6.26 Å². The molecule has 86 valence electrons. The molecule has 0 aliphatic heterocycles. The highest BCUT2D eigenvalue weighted by Gasteiger charge is 2.18. The first-order chi connectivity index (χ1) is 7.76. The van der Waals surface area contributed by atoms with Crippen molar-refractivity contribution in [2.24, 2.45) is 0 Å². The number of furan rings is 1. The molecule has 1 unspecified atom stereocenters. The molecule has 2 aromatic heterocycles. The molecular formula is C11H14BrN3O. The summed E-state index contributed by atoms with van der Waals surface area (Å²) in [7, 11) is 1.92. The number of nitrogens with one attached hydrogen (secondary N) is 1. The normalized spacial score (nSPS) is 12.9. The average molecular weight is 284 g/mol.